The maximum Gasteiger partial charge on any atom is 0.410 e. The summed E-state index contributed by atoms with van der Waals surface area (Å²) in [6.07, 6.45) is 2.46. The number of cyclic esters (lactones) is 1. The molecule has 28 heavy (non-hydrogen) atoms. The third kappa shape index (κ3) is 3.88. The zero-order chi connectivity index (χ0) is 19.5. The van der Waals surface area contributed by atoms with Gasteiger partial charge in [-0.3, -0.25) is 4.79 Å². The summed E-state index contributed by atoms with van der Waals surface area (Å²) in [6, 6.07) is 9.84. The predicted octanol–water partition coefficient (Wildman–Crippen LogP) is 3.03. The number of piperidine rings is 1. The van der Waals surface area contributed by atoms with Gasteiger partial charge in [0.1, 0.15) is 5.76 Å². The Labute approximate surface area is 164 Å². The van der Waals surface area contributed by atoms with Crippen molar-refractivity contribution in [3.63, 3.8) is 0 Å². The minimum atomic E-state index is -0.220. The van der Waals surface area contributed by atoms with Gasteiger partial charge in [0.2, 0.25) is 11.8 Å². The average molecular weight is 383 g/mol. The van der Waals surface area contributed by atoms with Crippen LogP contribution in [0.15, 0.2) is 34.7 Å². The van der Waals surface area contributed by atoms with Crippen LogP contribution in [0.3, 0.4) is 0 Å². The molecule has 0 N–H and O–H groups in total. The normalized spacial score (nSPS) is 18.2. The van der Waals surface area contributed by atoms with E-state index in [-0.39, 0.29) is 24.5 Å². The molecule has 0 aliphatic carbocycles. The highest BCUT2D eigenvalue weighted by Crippen LogP contribution is 2.24. The third-order valence-electron chi connectivity index (χ3n) is 5.49. The molecule has 2 aliphatic rings. The molecule has 7 heteroatoms. The Hall–Kier alpha value is -2.83. The van der Waals surface area contributed by atoms with Crippen molar-refractivity contribution < 1.29 is 18.7 Å². The zero-order valence-electron chi connectivity index (χ0n) is 16.1. The maximum absolute atomic E-state index is 12.8. The topological polar surface area (TPSA) is 75.9 Å². The number of carbonyl (C=O) groups is 2. The smallest absolute Gasteiger partial charge is 0.410 e. The van der Waals surface area contributed by atoms with Gasteiger partial charge in [-0.15, -0.1) is 0 Å². The van der Waals surface area contributed by atoms with Crippen LogP contribution in [-0.2, 0) is 16.0 Å². The lowest BCUT2D eigenvalue weighted by Crippen LogP contribution is -2.51. The number of ether oxygens (including phenoxy) is 1. The van der Waals surface area contributed by atoms with Gasteiger partial charge >= 0.3 is 6.09 Å². The van der Waals surface area contributed by atoms with Crippen molar-refractivity contribution in [3.8, 4) is 11.5 Å². The lowest BCUT2D eigenvalue weighted by atomic mass is 10.0. The fourth-order valence-electron chi connectivity index (χ4n) is 3.88. The van der Waals surface area contributed by atoms with Crippen molar-refractivity contribution in [1.82, 2.24) is 14.8 Å². The van der Waals surface area contributed by atoms with Crippen LogP contribution in [-0.4, -0.2) is 59.1 Å². The average Bonchev–Trinajstić information content (AvgIpc) is 3.09. The van der Waals surface area contributed by atoms with E-state index in [4.69, 9.17) is 9.15 Å². The van der Waals surface area contributed by atoms with Crippen LogP contribution < -0.4 is 0 Å². The minimum absolute atomic E-state index is 0.0516. The SMILES string of the molecule is Cc1oc(-c2ccccc2)nc1CC(=O)N1CCC(N2CCCOC2=O)CC1. The number of aryl methyl sites for hydroxylation is 1. The molecule has 2 aromatic rings. The van der Waals surface area contributed by atoms with E-state index in [0.29, 0.717) is 37.0 Å². The first kappa shape index (κ1) is 18.5. The molecule has 0 unspecified atom stereocenters. The minimum Gasteiger partial charge on any atom is -0.449 e. The maximum atomic E-state index is 12.8. The molecule has 7 nitrogen and oxygen atoms in total. The Balaban J connectivity index is 1.35. The van der Waals surface area contributed by atoms with E-state index in [2.05, 4.69) is 4.98 Å². The van der Waals surface area contributed by atoms with E-state index in [9.17, 15) is 9.59 Å². The van der Waals surface area contributed by atoms with Gasteiger partial charge < -0.3 is 19.0 Å². The van der Waals surface area contributed by atoms with Crippen molar-refractivity contribution in [1.29, 1.82) is 0 Å². The van der Waals surface area contributed by atoms with Gasteiger partial charge in [-0.1, -0.05) is 18.2 Å². The number of nitrogens with zero attached hydrogens (tertiary/aromatic N) is 3. The molecule has 0 atom stereocenters. The summed E-state index contributed by atoms with van der Waals surface area (Å²) < 4.78 is 10.9. The summed E-state index contributed by atoms with van der Waals surface area (Å²) in [5.41, 5.74) is 1.59. The van der Waals surface area contributed by atoms with Crippen LogP contribution in [0.2, 0.25) is 0 Å². The number of hydrogen-bond donors (Lipinski definition) is 0. The molecule has 2 fully saturated rings. The molecule has 3 heterocycles. The highest BCUT2D eigenvalue weighted by molar-refractivity contribution is 5.79. The Bertz CT molecular complexity index is 841. The van der Waals surface area contributed by atoms with Gasteiger partial charge in [0.25, 0.3) is 0 Å². The number of aromatic nitrogens is 1. The van der Waals surface area contributed by atoms with Crippen molar-refractivity contribution in [2.45, 2.75) is 38.6 Å². The fourth-order valence-corrected chi connectivity index (χ4v) is 3.88. The number of hydrogen-bond acceptors (Lipinski definition) is 5. The summed E-state index contributed by atoms with van der Waals surface area (Å²) in [6.45, 7) is 4.40. The second kappa shape index (κ2) is 8.04. The van der Waals surface area contributed by atoms with E-state index >= 15 is 0 Å². The van der Waals surface area contributed by atoms with Crippen molar-refractivity contribution in [3.05, 3.63) is 41.8 Å². The molecule has 2 saturated heterocycles. The molecule has 148 valence electrons. The van der Waals surface area contributed by atoms with Crippen molar-refractivity contribution >= 4 is 12.0 Å². The number of oxazole rings is 1. The summed E-state index contributed by atoms with van der Waals surface area (Å²) in [5, 5.41) is 0. The van der Waals surface area contributed by atoms with Crippen LogP contribution in [0.25, 0.3) is 11.5 Å². The van der Waals surface area contributed by atoms with E-state index in [1.54, 1.807) is 0 Å². The lowest BCUT2D eigenvalue weighted by molar-refractivity contribution is -0.132. The Morgan fingerprint density at radius 1 is 1.18 bits per heavy atom. The third-order valence-corrected chi connectivity index (χ3v) is 5.49. The lowest BCUT2D eigenvalue weighted by Gasteiger charge is -2.39. The second-order valence-electron chi connectivity index (χ2n) is 7.34. The van der Waals surface area contributed by atoms with Crippen LogP contribution in [0.1, 0.15) is 30.7 Å². The molecule has 1 aromatic carbocycles. The highest BCUT2D eigenvalue weighted by atomic mass is 16.6. The van der Waals surface area contributed by atoms with E-state index < -0.39 is 0 Å². The molecule has 1 aromatic heterocycles. The van der Waals surface area contributed by atoms with Gasteiger partial charge in [-0.25, -0.2) is 9.78 Å². The van der Waals surface area contributed by atoms with Gasteiger partial charge in [-0.2, -0.15) is 0 Å². The van der Waals surface area contributed by atoms with Gasteiger partial charge in [-0.05, 0) is 38.3 Å². The molecule has 2 aliphatic heterocycles. The molecule has 0 radical (unpaired) electrons. The number of likely N-dealkylation sites (tertiary alicyclic amines) is 1. The van der Waals surface area contributed by atoms with Crippen LogP contribution in [0, 0.1) is 6.92 Å². The number of amides is 2. The van der Waals surface area contributed by atoms with E-state index in [1.165, 1.54) is 0 Å². The monoisotopic (exact) mass is 383 g/mol. The summed E-state index contributed by atoms with van der Waals surface area (Å²) >= 11 is 0. The standard InChI is InChI=1S/C21H25N3O4/c1-15-18(22-20(28-15)16-6-3-2-4-7-16)14-19(25)23-11-8-17(9-12-23)24-10-5-13-27-21(24)26/h2-4,6-7,17H,5,8-14H2,1H3. The van der Waals surface area contributed by atoms with Crippen LogP contribution in [0.5, 0.6) is 0 Å². The Morgan fingerprint density at radius 2 is 1.93 bits per heavy atom. The van der Waals surface area contributed by atoms with Crippen LogP contribution in [0.4, 0.5) is 4.79 Å². The Kier molecular flexibility index (Phi) is 5.32. The molecule has 0 saturated carbocycles. The Morgan fingerprint density at radius 3 is 2.64 bits per heavy atom. The quantitative estimate of drug-likeness (QED) is 0.811. The molecule has 0 bridgehead atoms. The summed E-state index contributed by atoms with van der Waals surface area (Å²) in [7, 11) is 0. The number of rotatable bonds is 4. The first-order valence-corrected chi connectivity index (χ1v) is 9.84. The first-order valence-electron chi connectivity index (χ1n) is 9.84. The van der Waals surface area contributed by atoms with Crippen molar-refractivity contribution in [2.75, 3.05) is 26.2 Å². The number of benzene rings is 1. The first-order chi connectivity index (χ1) is 13.6. The predicted molar refractivity (Wildman–Crippen MR) is 103 cm³/mol. The van der Waals surface area contributed by atoms with Gasteiger partial charge in [0.15, 0.2) is 0 Å². The second-order valence-corrected chi connectivity index (χ2v) is 7.34. The zero-order valence-corrected chi connectivity index (χ0v) is 16.1. The van der Waals surface area contributed by atoms with Gasteiger partial charge in [0, 0.05) is 31.2 Å². The summed E-state index contributed by atoms with van der Waals surface area (Å²) in [4.78, 5) is 32.9. The van der Waals surface area contributed by atoms with Crippen LogP contribution >= 0.6 is 0 Å². The fraction of sp³-hybridized carbons (Fsp3) is 0.476. The molecule has 2 amide bonds. The van der Waals surface area contributed by atoms with Gasteiger partial charge in [0.05, 0.1) is 18.7 Å². The molecular formula is C21H25N3O4. The van der Waals surface area contributed by atoms with Crippen molar-refractivity contribution in [2.24, 2.45) is 0 Å². The molecular weight excluding hydrogens is 358 g/mol. The largest absolute Gasteiger partial charge is 0.449 e. The van der Waals surface area contributed by atoms with E-state index in [1.807, 2.05) is 47.1 Å². The molecule has 4 rings (SSSR count). The summed E-state index contributed by atoms with van der Waals surface area (Å²) in [5.74, 6) is 1.28. The molecule has 0 spiro atoms. The van der Waals surface area contributed by atoms with E-state index in [0.717, 1.165) is 31.4 Å². The highest BCUT2D eigenvalue weighted by Gasteiger charge is 2.32. The number of carbonyl (C=O) groups excluding carboxylic acids is 2.